The molecule has 1 saturated carbocycles. The molecule has 3 rings (SSSR count). The first-order chi connectivity index (χ1) is 13.1. The molecule has 3 aliphatic rings. The number of nitrogens with zero attached hydrogens (tertiary/aromatic N) is 3. The third-order valence-corrected chi connectivity index (χ3v) is 6.79. The Morgan fingerprint density at radius 2 is 1.96 bits per heavy atom. The van der Waals surface area contributed by atoms with Crippen molar-refractivity contribution in [3.63, 3.8) is 0 Å². The summed E-state index contributed by atoms with van der Waals surface area (Å²) in [7, 11) is 0. The molecule has 3 fully saturated rings. The highest BCUT2D eigenvalue weighted by molar-refractivity contribution is 14.0. The van der Waals surface area contributed by atoms with Gasteiger partial charge in [0.05, 0.1) is 5.92 Å². The van der Waals surface area contributed by atoms with Gasteiger partial charge in [-0.15, -0.1) is 24.0 Å². The molecule has 6 nitrogen and oxygen atoms in total. The lowest BCUT2D eigenvalue weighted by Gasteiger charge is -2.33. The van der Waals surface area contributed by atoms with Crippen LogP contribution in [0.25, 0.3) is 0 Å². The van der Waals surface area contributed by atoms with Crippen LogP contribution >= 0.6 is 24.0 Å². The van der Waals surface area contributed by atoms with Crippen molar-refractivity contribution in [2.75, 3.05) is 45.8 Å². The summed E-state index contributed by atoms with van der Waals surface area (Å²) in [6.45, 7) is 9.19. The average Bonchev–Trinajstić information content (AvgIpc) is 3.08. The van der Waals surface area contributed by atoms with Crippen LogP contribution in [0, 0.1) is 11.3 Å². The fourth-order valence-electron chi connectivity index (χ4n) is 5.22. The number of aliphatic imine (C=N–C) groups is 1. The van der Waals surface area contributed by atoms with E-state index in [-0.39, 0.29) is 35.8 Å². The SMILES string of the molecule is CCNC(=NCCCN1CCCC(C(N)=O)C1)N1CCC2(CCCCC2)C1.I. The van der Waals surface area contributed by atoms with Crippen molar-refractivity contribution >= 4 is 35.8 Å². The largest absolute Gasteiger partial charge is 0.369 e. The van der Waals surface area contributed by atoms with Gasteiger partial charge in [-0.05, 0) is 64.0 Å². The molecule has 0 aromatic heterocycles. The normalized spacial score (nSPS) is 25.5. The second-order valence-electron chi connectivity index (χ2n) is 8.86. The molecule has 0 radical (unpaired) electrons. The van der Waals surface area contributed by atoms with Gasteiger partial charge in [-0.25, -0.2) is 0 Å². The van der Waals surface area contributed by atoms with Crippen LogP contribution in [0.15, 0.2) is 4.99 Å². The van der Waals surface area contributed by atoms with Gasteiger partial charge in [0.1, 0.15) is 0 Å². The first-order valence-corrected chi connectivity index (χ1v) is 11.2. The zero-order valence-electron chi connectivity index (χ0n) is 17.6. The van der Waals surface area contributed by atoms with Crippen molar-refractivity contribution in [1.82, 2.24) is 15.1 Å². The number of guanidine groups is 1. The van der Waals surface area contributed by atoms with E-state index in [2.05, 4.69) is 22.0 Å². The summed E-state index contributed by atoms with van der Waals surface area (Å²) in [5.41, 5.74) is 6.05. The van der Waals surface area contributed by atoms with Crippen molar-refractivity contribution < 1.29 is 4.79 Å². The summed E-state index contributed by atoms with van der Waals surface area (Å²) in [5, 5.41) is 3.51. The lowest BCUT2D eigenvalue weighted by Crippen LogP contribution is -2.42. The summed E-state index contributed by atoms with van der Waals surface area (Å²) in [6.07, 6.45) is 11.4. The number of piperidine rings is 1. The second kappa shape index (κ2) is 11.6. The third-order valence-electron chi connectivity index (χ3n) is 6.79. The Hall–Kier alpha value is -0.570. The summed E-state index contributed by atoms with van der Waals surface area (Å²) in [5.74, 6) is 1.00. The van der Waals surface area contributed by atoms with Gasteiger partial charge in [-0.1, -0.05) is 19.3 Å². The first kappa shape index (κ1) is 23.7. The fraction of sp³-hybridized carbons (Fsp3) is 0.905. The van der Waals surface area contributed by atoms with Crippen molar-refractivity contribution in [2.45, 2.75) is 64.7 Å². The fourth-order valence-corrected chi connectivity index (χ4v) is 5.22. The van der Waals surface area contributed by atoms with E-state index >= 15 is 0 Å². The van der Waals surface area contributed by atoms with E-state index in [0.717, 1.165) is 64.5 Å². The highest BCUT2D eigenvalue weighted by Crippen LogP contribution is 2.43. The highest BCUT2D eigenvalue weighted by Gasteiger charge is 2.39. The lowest BCUT2D eigenvalue weighted by atomic mass is 9.73. The molecule has 28 heavy (non-hydrogen) atoms. The summed E-state index contributed by atoms with van der Waals surface area (Å²) < 4.78 is 0. The van der Waals surface area contributed by atoms with E-state index in [9.17, 15) is 4.79 Å². The minimum Gasteiger partial charge on any atom is -0.369 e. The van der Waals surface area contributed by atoms with Crippen LogP contribution in [-0.4, -0.2) is 67.5 Å². The maximum atomic E-state index is 11.4. The number of hydrogen-bond acceptors (Lipinski definition) is 3. The zero-order chi connectivity index (χ0) is 19.1. The van der Waals surface area contributed by atoms with Crippen LogP contribution in [0.4, 0.5) is 0 Å². The third kappa shape index (κ3) is 6.47. The molecule has 0 aromatic carbocycles. The van der Waals surface area contributed by atoms with Gasteiger partial charge in [0.2, 0.25) is 5.91 Å². The Labute approximate surface area is 188 Å². The van der Waals surface area contributed by atoms with E-state index in [0.29, 0.717) is 5.41 Å². The molecule has 3 N–H and O–H groups in total. The number of carbonyl (C=O) groups excluding carboxylic acids is 1. The van der Waals surface area contributed by atoms with Gasteiger partial charge in [-0.3, -0.25) is 9.79 Å². The number of nitrogens with two attached hydrogens (primary N) is 1. The minimum atomic E-state index is -0.141. The van der Waals surface area contributed by atoms with Gasteiger partial charge >= 0.3 is 0 Å². The molecular formula is C21H40IN5O. The number of likely N-dealkylation sites (tertiary alicyclic amines) is 2. The molecule has 1 aliphatic carbocycles. The Balaban J connectivity index is 0.00000280. The number of halogens is 1. The molecule has 1 spiro atoms. The smallest absolute Gasteiger partial charge is 0.221 e. The summed E-state index contributed by atoms with van der Waals surface area (Å²) in [6, 6.07) is 0. The molecule has 2 heterocycles. The lowest BCUT2D eigenvalue weighted by molar-refractivity contribution is -0.123. The molecule has 1 atom stereocenters. The molecule has 1 unspecified atom stereocenters. The monoisotopic (exact) mass is 505 g/mol. The van der Waals surface area contributed by atoms with Crippen molar-refractivity contribution in [3.05, 3.63) is 0 Å². The number of nitrogens with one attached hydrogen (secondary N) is 1. The highest BCUT2D eigenvalue weighted by atomic mass is 127. The number of carbonyl (C=O) groups is 1. The minimum absolute atomic E-state index is 0. The van der Waals surface area contributed by atoms with Crippen molar-refractivity contribution in [3.8, 4) is 0 Å². The second-order valence-corrected chi connectivity index (χ2v) is 8.86. The Morgan fingerprint density at radius 3 is 2.68 bits per heavy atom. The van der Waals surface area contributed by atoms with Gasteiger partial charge in [-0.2, -0.15) is 0 Å². The quantitative estimate of drug-likeness (QED) is 0.252. The Morgan fingerprint density at radius 1 is 1.18 bits per heavy atom. The molecule has 1 amide bonds. The van der Waals surface area contributed by atoms with E-state index in [1.54, 1.807) is 0 Å². The van der Waals surface area contributed by atoms with E-state index < -0.39 is 0 Å². The van der Waals surface area contributed by atoms with Gasteiger partial charge in [0.15, 0.2) is 5.96 Å². The van der Waals surface area contributed by atoms with Gasteiger partial charge in [0, 0.05) is 32.7 Å². The van der Waals surface area contributed by atoms with Crippen LogP contribution in [-0.2, 0) is 4.79 Å². The molecule has 0 bridgehead atoms. The predicted octanol–water partition coefficient (Wildman–Crippen LogP) is 2.81. The molecule has 0 aromatic rings. The van der Waals surface area contributed by atoms with Crippen LogP contribution in [0.2, 0.25) is 0 Å². The predicted molar refractivity (Wildman–Crippen MR) is 126 cm³/mol. The van der Waals surface area contributed by atoms with E-state index in [4.69, 9.17) is 10.7 Å². The molecule has 2 aliphatic heterocycles. The molecular weight excluding hydrogens is 465 g/mol. The number of hydrogen-bond donors (Lipinski definition) is 2. The molecule has 2 saturated heterocycles. The topological polar surface area (TPSA) is 74.0 Å². The average molecular weight is 505 g/mol. The molecule has 162 valence electrons. The van der Waals surface area contributed by atoms with Crippen molar-refractivity contribution in [2.24, 2.45) is 22.1 Å². The zero-order valence-corrected chi connectivity index (χ0v) is 20.0. The van der Waals surface area contributed by atoms with Gasteiger partial charge in [0.25, 0.3) is 0 Å². The Kier molecular flexibility index (Phi) is 9.80. The van der Waals surface area contributed by atoms with Crippen LogP contribution in [0.1, 0.15) is 64.7 Å². The first-order valence-electron chi connectivity index (χ1n) is 11.2. The maximum Gasteiger partial charge on any atom is 0.221 e. The van der Waals surface area contributed by atoms with E-state index in [1.807, 2.05) is 0 Å². The summed E-state index contributed by atoms with van der Waals surface area (Å²) in [4.78, 5) is 21.2. The van der Waals surface area contributed by atoms with Crippen molar-refractivity contribution in [1.29, 1.82) is 0 Å². The molecule has 7 heteroatoms. The van der Waals surface area contributed by atoms with E-state index in [1.165, 1.54) is 45.1 Å². The number of rotatable bonds is 6. The maximum absolute atomic E-state index is 11.4. The van der Waals surface area contributed by atoms with Gasteiger partial charge < -0.3 is 20.9 Å². The van der Waals surface area contributed by atoms with Crippen LogP contribution < -0.4 is 11.1 Å². The van der Waals surface area contributed by atoms with Crippen LogP contribution in [0.3, 0.4) is 0 Å². The Bertz CT molecular complexity index is 521. The standard InChI is InChI=1S/C21H39N5O.HI/c1-2-23-20(26-15-11-21(17-26)9-4-3-5-10-21)24-12-7-14-25-13-6-8-18(16-25)19(22)27;/h18H,2-17H2,1H3,(H2,22,27)(H,23,24);1H. The number of amides is 1. The number of primary amides is 1. The van der Waals surface area contributed by atoms with Crippen LogP contribution in [0.5, 0.6) is 0 Å². The summed E-state index contributed by atoms with van der Waals surface area (Å²) >= 11 is 0.